The molecule has 2 aromatic carbocycles. The zero-order chi connectivity index (χ0) is 20.5. The molecule has 0 unspecified atom stereocenters. The van der Waals surface area contributed by atoms with E-state index in [1.807, 2.05) is 67.6 Å². The fourth-order valence-electron chi connectivity index (χ4n) is 4.05. The van der Waals surface area contributed by atoms with E-state index in [1.165, 1.54) is 5.01 Å². The maximum atomic E-state index is 13.5. The van der Waals surface area contributed by atoms with Crippen molar-refractivity contribution in [3.8, 4) is 0 Å². The van der Waals surface area contributed by atoms with Crippen LogP contribution in [0.4, 0.5) is 5.69 Å². The van der Waals surface area contributed by atoms with E-state index < -0.39 is 17.8 Å². The number of carbonyl (C=O) groups excluding carboxylic acids is 2. The molecule has 0 radical (unpaired) electrons. The van der Waals surface area contributed by atoms with Gasteiger partial charge >= 0.3 is 0 Å². The maximum Gasteiger partial charge on any atom is 0.256 e. The molecule has 2 aliphatic rings. The number of hydrogen-bond donors (Lipinski definition) is 1. The lowest BCUT2D eigenvalue weighted by molar-refractivity contribution is -0.124. The highest BCUT2D eigenvalue weighted by Gasteiger charge is 2.47. The van der Waals surface area contributed by atoms with Crippen molar-refractivity contribution in [1.82, 2.24) is 5.32 Å². The molecule has 4 rings (SSSR count). The number of hydrogen-bond acceptors (Lipinski definition) is 4. The number of aliphatic imine (C=N–C) groups is 1. The van der Waals surface area contributed by atoms with Gasteiger partial charge in [-0.15, -0.1) is 0 Å². The Morgan fingerprint density at radius 3 is 2.17 bits per heavy atom. The summed E-state index contributed by atoms with van der Waals surface area (Å²) in [6.45, 7) is 3.62. The third-order valence-electron chi connectivity index (χ3n) is 5.33. The van der Waals surface area contributed by atoms with Gasteiger partial charge in [0.1, 0.15) is 0 Å². The quantitative estimate of drug-likeness (QED) is 0.795. The first-order valence-corrected chi connectivity index (χ1v) is 9.77. The SMILES string of the molecule is CC1=NC(=S)NC(=O)[C@H]1[C@@H](c1ccccc1)[C@@H]1C(=O)N(c2ccccc2)N=C1C. The molecule has 146 valence electrons. The van der Waals surface area contributed by atoms with Gasteiger partial charge < -0.3 is 5.32 Å². The van der Waals surface area contributed by atoms with E-state index in [4.69, 9.17) is 12.2 Å². The first kappa shape index (κ1) is 19.1. The van der Waals surface area contributed by atoms with Crippen LogP contribution in [-0.2, 0) is 9.59 Å². The fourth-order valence-corrected chi connectivity index (χ4v) is 4.30. The minimum Gasteiger partial charge on any atom is -0.301 e. The lowest BCUT2D eigenvalue weighted by Crippen LogP contribution is -2.48. The molecule has 0 aliphatic carbocycles. The highest BCUT2D eigenvalue weighted by Crippen LogP contribution is 2.40. The van der Waals surface area contributed by atoms with E-state index in [0.29, 0.717) is 17.1 Å². The van der Waals surface area contributed by atoms with Crippen molar-refractivity contribution in [3.05, 3.63) is 66.2 Å². The van der Waals surface area contributed by atoms with E-state index in [1.54, 1.807) is 6.92 Å². The summed E-state index contributed by atoms with van der Waals surface area (Å²) in [7, 11) is 0. The van der Waals surface area contributed by atoms with Gasteiger partial charge in [-0.1, -0.05) is 48.5 Å². The number of nitrogens with one attached hydrogen (secondary N) is 1. The Hall–Kier alpha value is -3.19. The molecule has 0 saturated heterocycles. The van der Waals surface area contributed by atoms with Gasteiger partial charge in [-0.3, -0.25) is 9.59 Å². The van der Waals surface area contributed by atoms with Gasteiger partial charge in [0.15, 0.2) is 5.11 Å². The average Bonchev–Trinajstić information content (AvgIpc) is 3.00. The van der Waals surface area contributed by atoms with Crippen LogP contribution in [0.1, 0.15) is 25.3 Å². The third kappa shape index (κ3) is 3.49. The van der Waals surface area contributed by atoms with Crippen LogP contribution in [0.2, 0.25) is 0 Å². The van der Waals surface area contributed by atoms with Crippen molar-refractivity contribution in [1.29, 1.82) is 0 Å². The normalized spacial score (nSPS) is 22.8. The van der Waals surface area contributed by atoms with E-state index in [-0.39, 0.29) is 16.9 Å². The molecule has 0 saturated carbocycles. The van der Waals surface area contributed by atoms with Gasteiger partial charge in [0.05, 0.1) is 17.5 Å². The number of amides is 2. The predicted octanol–water partition coefficient (Wildman–Crippen LogP) is 3.30. The first-order chi connectivity index (χ1) is 14.0. The Labute approximate surface area is 174 Å². The van der Waals surface area contributed by atoms with Crippen LogP contribution in [0.5, 0.6) is 0 Å². The van der Waals surface area contributed by atoms with Gasteiger partial charge in [0.2, 0.25) is 5.91 Å². The smallest absolute Gasteiger partial charge is 0.256 e. The van der Waals surface area contributed by atoms with Gasteiger partial charge in [-0.2, -0.15) is 5.10 Å². The van der Waals surface area contributed by atoms with E-state index >= 15 is 0 Å². The second kappa shape index (κ2) is 7.67. The molecule has 0 spiro atoms. The van der Waals surface area contributed by atoms with Gasteiger partial charge in [-0.25, -0.2) is 10.0 Å². The summed E-state index contributed by atoms with van der Waals surface area (Å²) in [5.41, 5.74) is 2.86. The lowest BCUT2D eigenvalue weighted by atomic mass is 9.72. The highest BCUT2D eigenvalue weighted by atomic mass is 32.1. The van der Waals surface area contributed by atoms with Crippen LogP contribution >= 0.6 is 12.2 Å². The number of rotatable bonds is 4. The molecular weight excluding hydrogens is 384 g/mol. The van der Waals surface area contributed by atoms with Crippen LogP contribution in [0.25, 0.3) is 0 Å². The molecule has 2 amide bonds. The lowest BCUT2D eigenvalue weighted by Gasteiger charge is -2.32. The van der Waals surface area contributed by atoms with Crippen LogP contribution in [-0.4, -0.2) is 28.4 Å². The summed E-state index contributed by atoms with van der Waals surface area (Å²) in [5.74, 6) is -2.02. The maximum absolute atomic E-state index is 13.5. The summed E-state index contributed by atoms with van der Waals surface area (Å²) in [5, 5.41) is 8.76. The summed E-state index contributed by atoms with van der Waals surface area (Å²) in [6, 6.07) is 18.9. The Balaban J connectivity index is 1.80. The van der Waals surface area contributed by atoms with Crippen LogP contribution < -0.4 is 10.3 Å². The van der Waals surface area contributed by atoms with Crippen molar-refractivity contribution < 1.29 is 9.59 Å². The molecule has 29 heavy (non-hydrogen) atoms. The fraction of sp³-hybridized carbons (Fsp3) is 0.227. The van der Waals surface area contributed by atoms with Crippen molar-refractivity contribution >= 4 is 46.3 Å². The predicted molar refractivity (Wildman–Crippen MR) is 117 cm³/mol. The topological polar surface area (TPSA) is 74.1 Å². The molecule has 2 heterocycles. The number of anilines is 1. The van der Waals surface area contributed by atoms with Gasteiger partial charge in [0.25, 0.3) is 5.91 Å². The van der Waals surface area contributed by atoms with Crippen molar-refractivity contribution in [2.45, 2.75) is 19.8 Å². The molecule has 0 fully saturated rings. The van der Waals surface area contributed by atoms with Gasteiger partial charge in [-0.05, 0) is 43.8 Å². The Morgan fingerprint density at radius 2 is 1.55 bits per heavy atom. The second-order valence-corrected chi connectivity index (χ2v) is 7.55. The average molecular weight is 404 g/mol. The van der Waals surface area contributed by atoms with E-state index in [9.17, 15) is 9.59 Å². The first-order valence-electron chi connectivity index (χ1n) is 9.36. The standard InChI is InChI=1S/C22H20N4O2S/c1-13-17(20(27)24-22(29)23-13)19(15-9-5-3-6-10-15)18-14(2)25-26(21(18)28)16-11-7-4-8-12-16/h3-12,17-19H,1-2H3,(H,24,27,29)/t17-,18-,19-/m1/s1. The van der Waals surface area contributed by atoms with Crippen molar-refractivity contribution in [2.24, 2.45) is 21.9 Å². The monoisotopic (exact) mass is 404 g/mol. The molecule has 2 aliphatic heterocycles. The van der Waals surface area contributed by atoms with Crippen LogP contribution in [0, 0.1) is 11.8 Å². The summed E-state index contributed by atoms with van der Waals surface area (Å²) in [4.78, 5) is 30.7. The number of nitrogens with zero attached hydrogens (tertiary/aromatic N) is 3. The minimum absolute atomic E-state index is 0.156. The van der Waals surface area contributed by atoms with Crippen molar-refractivity contribution in [2.75, 3.05) is 5.01 Å². The number of carbonyl (C=O) groups is 2. The minimum atomic E-state index is -0.612. The summed E-state index contributed by atoms with van der Waals surface area (Å²) in [6.07, 6.45) is 0. The molecule has 3 atom stereocenters. The Bertz CT molecular complexity index is 1030. The number of para-hydroxylation sites is 1. The molecular formula is C22H20N4O2S. The summed E-state index contributed by atoms with van der Waals surface area (Å²) < 4.78 is 0. The number of benzene rings is 2. The zero-order valence-electron chi connectivity index (χ0n) is 16.1. The summed E-state index contributed by atoms with van der Waals surface area (Å²) >= 11 is 5.06. The van der Waals surface area contributed by atoms with E-state index in [2.05, 4.69) is 15.4 Å². The third-order valence-corrected chi connectivity index (χ3v) is 5.52. The Morgan fingerprint density at radius 1 is 0.931 bits per heavy atom. The molecule has 0 bridgehead atoms. The van der Waals surface area contributed by atoms with Crippen LogP contribution in [0.15, 0.2) is 70.8 Å². The highest BCUT2D eigenvalue weighted by molar-refractivity contribution is 7.80. The Kier molecular flexibility index (Phi) is 5.07. The second-order valence-electron chi connectivity index (χ2n) is 7.17. The molecule has 0 aromatic heterocycles. The molecule has 1 N–H and O–H groups in total. The number of thiocarbonyl (C=S) groups is 1. The largest absolute Gasteiger partial charge is 0.301 e. The number of hydrazone groups is 1. The van der Waals surface area contributed by atoms with E-state index in [0.717, 1.165) is 5.56 Å². The molecule has 7 heteroatoms. The van der Waals surface area contributed by atoms with Crippen molar-refractivity contribution in [3.63, 3.8) is 0 Å². The molecule has 2 aromatic rings. The molecule has 6 nitrogen and oxygen atoms in total. The van der Waals surface area contributed by atoms with Crippen LogP contribution in [0.3, 0.4) is 0 Å². The zero-order valence-corrected chi connectivity index (χ0v) is 16.9. The van der Waals surface area contributed by atoms with Gasteiger partial charge in [0, 0.05) is 17.3 Å².